The average molecular weight is 639 g/mol. The van der Waals surface area contributed by atoms with Crippen molar-refractivity contribution in [3.05, 3.63) is 46.0 Å². The molecule has 10 atom stereocenters. The zero-order valence-electron chi connectivity index (χ0n) is 21.9. The van der Waals surface area contributed by atoms with E-state index in [0.29, 0.717) is 11.4 Å². The predicted octanol–water partition coefficient (Wildman–Crippen LogP) is -0.237. The number of aliphatic hydroxyl groups is 6. The highest BCUT2D eigenvalue weighted by atomic mass is 32.2. The third-order valence-corrected chi connectivity index (χ3v) is 10.1. The molecular formula is C25H30N6O8S3. The number of hydrogen-bond acceptors (Lipinski definition) is 15. The number of thiophene rings is 2. The van der Waals surface area contributed by atoms with Gasteiger partial charge in [-0.1, -0.05) is 10.4 Å². The maximum Gasteiger partial charge on any atom is 0.132 e. The molecule has 0 aromatic carbocycles. The van der Waals surface area contributed by atoms with Crippen LogP contribution in [-0.4, -0.2) is 128 Å². The van der Waals surface area contributed by atoms with Crippen LogP contribution in [0.2, 0.25) is 0 Å². The second kappa shape index (κ2) is 12.7. The smallest absolute Gasteiger partial charge is 0.132 e. The summed E-state index contributed by atoms with van der Waals surface area (Å²) in [7, 11) is 0. The van der Waals surface area contributed by atoms with Crippen LogP contribution >= 0.6 is 34.4 Å². The first kappa shape index (κ1) is 29.8. The fourth-order valence-electron chi connectivity index (χ4n) is 5.27. The van der Waals surface area contributed by atoms with Gasteiger partial charge < -0.3 is 40.1 Å². The Labute approximate surface area is 251 Å². The molecule has 2 saturated heterocycles. The van der Waals surface area contributed by atoms with Crippen molar-refractivity contribution in [1.29, 1.82) is 0 Å². The van der Waals surface area contributed by atoms with Gasteiger partial charge in [0, 0.05) is 27.6 Å². The first-order valence-electron chi connectivity index (χ1n) is 13.1. The van der Waals surface area contributed by atoms with Gasteiger partial charge in [-0.25, -0.2) is 9.36 Å². The van der Waals surface area contributed by atoms with Crippen LogP contribution in [-0.2, 0) is 9.47 Å². The lowest BCUT2D eigenvalue weighted by molar-refractivity contribution is -0.199. The van der Waals surface area contributed by atoms with Gasteiger partial charge in [0.15, 0.2) is 0 Å². The molecule has 2 aliphatic heterocycles. The number of hydrogen-bond donors (Lipinski definition) is 6. The Kier molecular flexibility index (Phi) is 9.04. The van der Waals surface area contributed by atoms with Crippen molar-refractivity contribution in [2.24, 2.45) is 0 Å². The van der Waals surface area contributed by atoms with Gasteiger partial charge in [0.05, 0.1) is 31.7 Å². The monoisotopic (exact) mass is 638 g/mol. The topological polar surface area (TPSA) is 201 Å². The van der Waals surface area contributed by atoms with Gasteiger partial charge in [-0.15, -0.1) is 22.0 Å². The number of aliphatic hydroxyl groups excluding tert-OH is 6. The van der Waals surface area contributed by atoms with Crippen molar-refractivity contribution < 1.29 is 40.1 Å². The Bertz CT molecular complexity index is 1310. The van der Waals surface area contributed by atoms with E-state index in [0.717, 1.165) is 22.9 Å². The highest BCUT2D eigenvalue weighted by molar-refractivity contribution is 7.99. The van der Waals surface area contributed by atoms with Crippen LogP contribution in [0.1, 0.15) is 12.1 Å². The van der Waals surface area contributed by atoms with Crippen LogP contribution in [0.15, 0.2) is 46.0 Å². The van der Waals surface area contributed by atoms with Crippen molar-refractivity contribution in [3.63, 3.8) is 0 Å². The summed E-state index contributed by atoms with van der Waals surface area (Å²) in [6, 6.07) is 1.82. The lowest BCUT2D eigenvalue weighted by Gasteiger charge is -2.44. The average Bonchev–Trinajstić information content (AvgIpc) is 3.81. The van der Waals surface area contributed by atoms with Gasteiger partial charge in [-0.3, -0.25) is 0 Å². The maximum absolute atomic E-state index is 11.3. The molecular weight excluding hydrogens is 609 g/mol. The Morgan fingerprint density at radius 2 is 1.21 bits per heavy atom. The standard InChI is InChI=1S/C25H30N6O8S3/c32-7-16-21(34)19(30-5-14(26-28-30)12-1-3-40-9-12)23(36)18(38-16)11-42-25-24(37)20(22(35)17(8-33)39-25)31-6-15(27-29-31)13-2-4-41-10-13/h1-6,9-10,16-25,32-37H,7-8,11H2/t16-,17?,18?,19?,20?,21?,22+,23+,24?,25+/m1/s1. The Morgan fingerprint density at radius 1 is 0.714 bits per heavy atom. The molecule has 6 unspecified atom stereocenters. The lowest BCUT2D eigenvalue weighted by atomic mass is 9.93. The van der Waals surface area contributed by atoms with E-state index in [9.17, 15) is 30.6 Å². The van der Waals surface area contributed by atoms with Crippen LogP contribution in [0.5, 0.6) is 0 Å². The van der Waals surface area contributed by atoms with E-state index in [1.807, 2.05) is 33.7 Å². The molecule has 0 spiro atoms. The summed E-state index contributed by atoms with van der Waals surface area (Å²) in [5.41, 5.74) is 1.89. The number of aromatic nitrogens is 6. The number of thioether (sulfide) groups is 1. The van der Waals surface area contributed by atoms with Crippen LogP contribution < -0.4 is 0 Å². The van der Waals surface area contributed by atoms with Gasteiger partial charge in [0.1, 0.15) is 65.5 Å². The van der Waals surface area contributed by atoms with Crippen molar-refractivity contribution in [1.82, 2.24) is 30.0 Å². The quantitative estimate of drug-likeness (QED) is 0.140. The first-order chi connectivity index (χ1) is 20.4. The van der Waals surface area contributed by atoms with Gasteiger partial charge in [0.25, 0.3) is 0 Å². The molecule has 6 rings (SSSR count). The van der Waals surface area contributed by atoms with Crippen molar-refractivity contribution in [2.45, 2.75) is 60.2 Å². The summed E-state index contributed by atoms with van der Waals surface area (Å²) in [5, 5.41) is 88.4. The van der Waals surface area contributed by atoms with Gasteiger partial charge >= 0.3 is 0 Å². The molecule has 0 aliphatic carbocycles. The number of ether oxygens (including phenoxy) is 2. The van der Waals surface area contributed by atoms with Crippen LogP contribution in [0.25, 0.3) is 22.5 Å². The van der Waals surface area contributed by atoms with E-state index in [1.54, 1.807) is 12.4 Å². The SMILES string of the molecule is OCC1O[C@@H](SCC2O[C@H](CO)C(O)C(n3cc(-c4ccsc4)nn3)[C@H]2O)C(O)C(n2cc(-c3ccsc3)nn2)[C@H]1O. The summed E-state index contributed by atoms with van der Waals surface area (Å²) in [5.74, 6) is 0.0766. The Hall–Kier alpha value is -2.29. The molecule has 0 saturated carbocycles. The molecule has 0 bridgehead atoms. The molecule has 2 aliphatic rings. The molecule has 6 N–H and O–H groups in total. The van der Waals surface area contributed by atoms with E-state index >= 15 is 0 Å². The van der Waals surface area contributed by atoms with Crippen LogP contribution in [0, 0.1) is 0 Å². The van der Waals surface area contributed by atoms with Crippen molar-refractivity contribution >= 4 is 34.4 Å². The minimum Gasteiger partial charge on any atom is -0.394 e. The largest absolute Gasteiger partial charge is 0.394 e. The minimum atomic E-state index is -1.28. The molecule has 4 aromatic heterocycles. The van der Waals surface area contributed by atoms with Crippen LogP contribution in [0.4, 0.5) is 0 Å². The lowest BCUT2D eigenvalue weighted by Crippen LogP contribution is -2.57. The van der Waals surface area contributed by atoms with Gasteiger partial charge in [0.2, 0.25) is 0 Å². The third kappa shape index (κ3) is 5.67. The van der Waals surface area contributed by atoms with Crippen molar-refractivity contribution in [2.75, 3.05) is 19.0 Å². The summed E-state index contributed by atoms with van der Waals surface area (Å²) in [6.45, 7) is -1.00. The van der Waals surface area contributed by atoms with E-state index in [1.165, 1.54) is 32.0 Å². The minimum absolute atomic E-state index is 0.0766. The van der Waals surface area contributed by atoms with E-state index < -0.39 is 73.5 Å². The molecule has 0 radical (unpaired) electrons. The fraction of sp³-hybridized carbons (Fsp3) is 0.520. The molecule has 4 aromatic rings. The van der Waals surface area contributed by atoms with Crippen molar-refractivity contribution in [3.8, 4) is 22.5 Å². The predicted molar refractivity (Wildman–Crippen MR) is 153 cm³/mol. The number of rotatable bonds is 9. The summed E-state index contributed by atoms with van der Waals surface area (Å²) in [6.07, 6.45) is -4.78. The third-order valence-electron chi connectivity index (χ3n) is 7.53. The molecule has 6 heterocycles. The molecule has 2 fully saturated rings. The molecule has 0 amide bonds. The highest BCUT2D eigenvalue weighted by Crippen LogP contribution is 2.38. The Balaban J connectivity index is 1.19. The Morgan fingerprint density at radius 3 is 1.71 bits per heavy atom. The van der Waals surface area contributed by atoms with Gasteiger partial charge in [-0.05, 0) is 22.9 Å². The van der Waals surface area contributed by atoms with E-state index in [4.69, 9.17) is 9.47 Å². The first-order valence-corrected chi connectivity index (χ1v) is 16.1. The summed E-state index contributed by atoms with van der Waals surface area (Å²) in [4.78, 5) is 0. The normalized spacial score (nSPS) is 33.7. The number of nitrogens with zero attached hydrogens (tertiary/aromatic N) is 6. The molecule has 14 nitrogen and oxygen atoms in total. The second-order valence-corrected chi connectivity index (χ2v) is 12.8. The van der Waals surface area contributed by atoms with Crippen LogP contribution in [0.3, 0.4) is 0 Å². The molecule has 226 valence electrons. The zero-order valence-corrected chi connectivity index (χ0v) is 24.4. The van der Waals surface area contributed by atoms with Gasteiger partial charge in [-0.2, -0.15) is 22.7 Å². The summed E-state index contributed by atoms with van der Waals surface area (Å²) >= 11 is 4.11. The maximum atomic E-state index is 11.3. The fourth-order valence-corrected chi connectivity index (χ4v) is 7.80. The zero-order chi connectivity index (χ0) is 29.4. The highest BCUT2D eigenvalue weighted by Gasteiger charge is 2.49. The van der Waals surface area contributed by atoms with E-state index in [-0.39, 0.29) is 5.75 Å². The second-order valence-electron chi connectivity index (χ2n) is 10.1. The molecule has 17 heteroatoms. The molecule has 42 heavy (non-hydrogen) atoms. The summed E-state index contributed by atoms with van der Waals surface area (Å²) < 4.78 is 14.4. The van der Waals surface area contributed by atoms with E-state index in [2.05, 4.69) is 20.6 Å².